The van der Waals surface area contributed by atoms with Crippen molar-refractivity contribution in [3.63, 3.8) is 0 Å². The van der Waals surface area contributed by atoms with Crippen LogP contribution >= 0.6 is 0 Å². The van der Waals surface area contributed by atoms with Gasteiger partial charge in [-0.05, 0) is 0 Å². The van der Waals surface area contributed by atoms with Crippen molar-refractivity contribution in [3.8, 4) is 0 Å². The summed E-state index contributed by atoms with van der Waals surface area (Å²) in [6, 6.07) is 0. The van der Waals surface area contributed by atoms with Crippen LogP contribution in [0.15, 0.2) is 0 Å². The first-order chi connectivity index (χ1) is 4.72. The lowest BCUT2D eigenvalue weighted by Crippen LogP contribution is -2.25. The van der Waals surface area contributed by atoms with Gasteiger partial charge < -0.3 is 9.47 Å². The molecule has 0 aromatic rings. The van der Waals surface area contributed by atoms with Crippen molar-refractivity contribution < 1.29 is 19.1 Å². The Morgan fingerprint density at radius 1 is 1.00 bits per heavy atom. The van der Waals surface area contributed by atoms with Crippen LogP contribution < -0.4 is 11.5 Å². The van der Waals surface area contributed by atoms with Gasteiger partial charge in [0, 0.05) is 0 Å². The molecule has 0 saturated heterocycles. The lowest BCUT2D eigenvalue weighted by molar-refractivity contribution is -0.167. The first-order valence-corrected chi connectivity index (χ1v) is 2.46. The van der Waals surface area contributed by atoms with E-state index in [-0.39, 0.29) is 13.5 Å². The minimum Gasteiger partial charge on any atom is -0.442 e. The van der Waals surface area contributed by atoms with E-state index in [2.05, 4.69) is 9.47 Å². The van der Waals surface area contributed by atoms with E-state index < -0.39 is 11.9 Å². The second-order valence-corrected chi connectivity index (χ2v) is 1.20. The van der Waals surface area contributed by atoms with Crippen LogP contribution in [0.1, 0.15) is 0 Å². The number of esters is 2. The normalized spacial score (nSPS) is 8.60. The Morgan fingerprint density at radius 2 is 1.30 bits per heavy atom. The Labute approximate surface area is 57.1 Å². The highest BCUT2D eigenvalue weighted by Gasteiger charge is 2.14. The summed E-state index contributed by atoms with van der Waals surface area (Å²) >= 11 is 0. The molecule has 0 rings (SSSR count). The minimum absolute atomic E-state index is 0.349. The van der Waals surface area contributed by atoms with Gasteiger partial charge >= 0.3 is 11.9 Å². The molecule has 0 spiro atoms. The summed E-state index contributed by atoms with van der Waals surface area (Å²) in [7, 11) is 0. The minimum atomic E-state index is -1.13. The summed E-state index contributed by atoms with van der Waals surface area (Å²) < 4.78 is 8.13. The van der Waals surface area contributed by atoms with E-state index in [1.165, 1.54) is 0 Å². The molecule has 0 aromatic heterocycles. The molecule has 6 heteroatoms. The fraction of sp³-hybridized carbons (Fsp3) is 0.500. The van der Waals surface area contributed by atoms with Gasteiger partial charge in [-0.2, -0.15) is 0 Å². The monoisotopic (exact) mass is 148 g/mol. The Bertz CT molecular complexity index is 119. The fourth-order valence-corrected chi connectivity index (χ4v) is 0.269. The van der Waals surface area contributed by atoms with Crippen molar-refractivity contribution in [1.82, 2.24) is 0 Å². The Balaban J connectivity index is 3.60. The fourth-order valence-electron chi connectivity index (χ4n) is 0.269. The highest BCUT2D eigenvalue weighted by molar-refractivity contribution is 6.29. The molecule has 58 valence electrons. The number of carbonyl (C=O) groups is 2. The number of hydrogen-bond acceptors (Lipinski definition) is 6. The highest BCUT2D eigenvalue weighted by atomic mass is 16.6. The number of ether oxygens (including phenoxy) is 2. The molecule has 0 bridgehead atoms. The summed E-state index contributed by atoms with van der Waals surface area (Å²) in [6.45, 7) is -0.697. The van der Waals surface area contributed by atoms with Crippen molar-refractivity contribution in [2.45, 2.75) is 0 Å². The van der Waals surface area contributed by atoms with E-state index in [1.807, 2.05) is 0 Å². The maximum atomic E-state index is 10.3. The summed E-state index contributed by atoms with van der Waals surface area (Å²) in [4.78, 5) is 20.6. The van der Waals surface area contributed by atoms with E-state index in [0.717, 1.165) is 0 Å². The van der Waals surface area contributed by atoms with Crippen molar-refractivity contribution in [2.24, 2.45) is 11.5 Å². The molecule has 0 amide bonds. The van der Waals surface area contributed by atoms with Crippen LogP contribution in [-0.2, 0) is 19.1 Å². The van der Waals surface area contributed by atoms with Gasteiger partial charge in [-0.25, -0.2) is 9.59 Å². The third kappa shape index (κ3) is 3.00. The predicted molar refractivity (Wildman–Crippen MR) is 30.3 cm³/mol. The standard InChI is InChI=1S/C4H8N2O4/c5-1-9-3(7)4(8)10-2-6/h1-2,5-6H2. The maximum Gasteiger partial charge on any atom is 0.418 e. The van der Waals surface area contributed by atoms with Crippen LogP contribution in [-0.4, -0.2) is 25.4 Å². The van der Waals surface area contributed by atoms with Crippen LogP contribution in [0.3, 0.4) is 0 Å². The molecule has 10 heavy (non-hydrogen) atoms. The number of nitrogens with two attached hydrogens (primary N) is 2. The van der Waals surface area contributed by atoms with Crippen molar-refractivity contribution in [2.75, 3.05) is 13.5 Å². The molecule has 0 aromatic carbocycles. The molecule has 0 radical (unpaired) electrons. The second kappa shape index (κ2) is 4.71. The zero-order valence-corrected chi connectivity index (χ0v) is 5.20. The van der Waals surface area contributed by atoms with E-state index >= 15 is 0 Å². The molecule has 4 N–H and O–H groups in total. The van der Waals surface area contributed by atoms with Gasteiger partial charge in [0.1, 0.15) is 13.5 Å². The molecule has 0 heterocycles. The summed E-state index contributed by atoms with van der Waals surface area (Å²) in [5.74, 6) is -2.26. The van der Waals surface area contributed by atoms with Gasteiger partial charge in [-0.15, -0.1) is 0 Å². The topological polar surface area (TPSA) is 105 Å². The SMILES string of the molecule is NCOC(=O)C(=O)OCN. The number of carbonyl (C=O) groups excluding carboxylic acids is 2. The van der Waals surface area contributed by atoms with Gasteiger partial charge in [0.05, 0.1) is 0 Å². The summed E-state index contributed by atoms with van der Waals surface area (Å²) in [5, 5.41) is 0. The molecule has 0 unspecified atom stereocenters. The average Bonchev–Trinajstić information content (AvgIpc) is 1.89. The molecular weight excluding hydrogens is 140 g/mol. The summed E-state index contributed by atoms with van der Waals surface area (Å²) in [6.07, 6.45) is 0. The molecule has 0 aliphatic rings. The Hall–Kier alpha value is -1.14. The van der Waals surface area contributed by atoms with Crippen molar-refractivity contribution in [1.29, 1.82) is 0 Å². The van der Waals surface area contributed by atoms with Gasteiger partial charge in [-0.1, -0.05) is 0 Å². The van der Waals surface area contributed by atoms with Crippen LogP contribution in [0.2, 0.25) is 0 Å². The quantitative estimate of drug-likeness (QED) is 0.264. The van der Waals surface area contributed by atoms with Crippen LogP contribution in [0.25, 0.3) is 0 Å². The lowest BCUT2D eigenvalue weighted by Gasteiger charge is -1.99. The van der Waals surface area contributed by atoms with E-state index in [9.17, 15) is 9.59 Å². The maximum absolute atomic E-state index is 10.3. The van der Waals surface area contributed by atoms with Crippen molar-refractivity contribution >= 4 is 11.9 Å². The second-order valence-electron chi connectivity index (χ2n) is 1.20. The van der Waals surface area contributed by atoms with Crippen LogP contribution in [0, 0.1) is 0 Å². The highest BCUT2D eigenvalue weighted by Crippen LogP contribution is 1.79. The molecule has 0 fully saturated rings. The first-order valence-electron chi connectivity index (χ1n) is 2.46. The van der Waals surface area contributed by atoms with E-state index in [1.54, 1.807) is 0 Å². The zero-order chi connectivity index (χ0) is 7.98. The lowest BCUT2D eigenvalue weighted by atomic mass is 10.7. The van der Waals surface area contributed by atoms with E-state index in [4.69, 9.17) is 11.5 Å². The first kappa shape index (κ1) is 8.86. The molecule has 6 nitrogen and oxygen atoms in total. The average molecular weight is 148 g/mol. The van der Waals surface area contributed by atoms with Gasteiger partial charge in [-0.3, -0.25) is 11.5 Å². The summed E-state index contributed by atoms with van der Waals surface area (Å²) in [5.41, 5.74) is 9.56. The van der Waals surface area contributed by atoms with Crippen LogP contribution in [0.5, 0.6) is 0 Å². The van der Waals surface area contributed by atoms with Gasteiger partial charge in [0.15, 0.2) is 0 Å². The van der Waals surface area contributed by atoms with Gasteiger partial charge in [0.2, 0.25) is 0 Å². The number of rotatable bonds is 2. The molecule has 0 aliphatic heterocycles. The molecule has 0 aliphatic carbocycles. The van der Waals surface area contributed by atoms with E-state index in [0.29, 0.717) is 0 Å². The van der Waals surface area contributed by atoms with Gasteiger partial charge in [0.25, 0.3) is 0 Å². The predicted octanol–water partition coefficient (Wildman–Crippen LogP) is -2.09. The smallest absolute Gasteiger partial charge is 0.418 e. The number of hydrogen-bond donors (Lipinski definition) is 2. The largest absolute Gasteiger partial charge is 0.442 e. The molecule has 0 atom stereocenters. The molecule has 0 saturated carbocycles. The van der Waals surface area contributed by atoms with Crippen molar-refractivity contribution in [3.05, 3.63) is 0 Å². The Kier molecular flexibility index (Phi) is 4.17. The third-order valence-electron chi connectivity index (χ3n) is 0.596. The third-order valence-corrected chi connectivity index (χ3v) is 0.596. The van der Waals surface area contributed by atoms with Crippen LogP contribution in [0.4, 0.5) is 0 Å². The molecular formula is C4H8N2O4. The Morgan fingerprint density at radius 3 is 1.50 bits per heavy atom. The zero-order valence-electron chi connectivity index (χ0n) is 5.20.